The predicted octanol–water partition coefficient (Wildman–Crippen LogP) is 2.74. The van der Waals surface area contributed by atoms with Crippen LogP contribution < -0.4 is 5.32 Å². The van der Waals surface area contributed by atoms with Gasteiger partial charge in [-0.15, -0.1) is 0 Å². The molecule has 0 aromatic rings. The van der Waals surface area contributed by atoms with Crippen LogP contribution in [0.25, 0.3) is 0 Å². The first-order valence-corrected chi connectivity index (χ1v) is 6.49. The molecular formula is C13H27NO2. The van der Waals surface area contributed by atoms with E-state index in [0.717, 1.165) is 19.3 Å². The van der Waals surface area contributed by atoms with Gasteiger partial charge < -0.3 is 10.1 Å². The molecule has 16 heavy (non-hydrogen) atoms. The van der Waals surface area contributed by atoms with Crippen LogP contribution in [-0.2, 0) is 9.53 Å². The number of ether oxygens (including phenoxy) is 1. The van der Waals surface area contributed by atoms with Crippen LogP contribution in [0.4, 0.5) is 0 Å². The SMILES string of the molecule is CCCC(C)C(NC(C)CC)C(=O)OCC. The molecule has 0 bridgehead atoms. The number of hydrogen-bond acceptors (Lipinski definition) is 3. The quantitative estimate of drug-likeness (QED) is 0.650. The Balaban J connectivity index is 4.42. The van der Waals surface area contributed by atoms with Gasteiger partial charge in [-0.3, -0.25) is 4.79 Å². The number of carbonyl (C=O) groups is 1. The Morgan fingerprint density at radius 2 is 1.88 bits per heavy atom. The molecule has 0 fully saturated rings. The lowest BCUT2D eigenvalue weighted by molar-refractivity contribution is -0.147. The lowest BCUT2D eigenvalue weighted by Gasteiger charge is -2.26. The van der Waals surface area contributed by atoms with Crippen LogP contribution in [0.1, 0.15) is 53.9 Å². The molecule has 0 aromatic carbocycles. The second-order valence-corrected chi connectivity index (χ2v) is 4.47. The zero-order valence-corrected chi connectivity index (χ0v) is 11.4. The van der Waals surface area contributed by atoms with E-state index in [-0.39, 0.29) is 12.0 Å². The largest absolute Gasteiger partial charge is 0.465 e. The van der Waals surface area contributed by atoms with Gasteiger partial charge in [0.25, 0.3) is 0 Å². The van der Waals surface area contributed by atoms with Gasteiger partial charge in [0.1, 0.15) is 6.04 Å². The maximum absolute atomic E-state index is 11.8. The van der Waals surface area contributed by atoms with Crippen molar-refractivity contribution in [1.29, 1.82) is 0 Å². The van der Waals surface area contributed by atoms with Crippen LogP contribution in [-0.4, -0.2) is 24.7 Å². The van der Waals surface area contributed by atoms with Crippen LogP contribution in [0.2, 0.25) is 0 Å². The first-order chi connectivity index (χ1) is 7.56. The molecule has 3 atom stereocenters. The van der Waals surface area contributed by atoms with Crippen molar-refractivity contribution in [2.45, 2.75) is 66.0 Å². The highest BCUT2D eigenvalue weighted by Gasteiger charge is 2.26. The minimum absolute atomic E-state index is 0.108. The van der Waals surface area contributed by atoms with E-state index in [1.54, 1.807) is 0 Å². The van der Waals surface area contributed by atoms with Gasteiger partial charge in [0, 0.05) is 6.04 Å². The van der Waals surface area contributed by atoms with Crippen LogP contribution in [0, 0.1) is 5.92 Å². The van der Waals surface area contributed by atoms with Gasteiger partial charge in [-0.25, -0.2) is 0 Å². The Morgan fingerprint density at radius 1 is 1.25 bits per heavy atom. The maximum atomic E-state index is 11.8. The van der Waals surface area contributed by atoms with Crippen LogP contribution in [0.3, 0.4) is 0 Å². The third-order valence-electron chi connectivity index (χ3n) is 2.93. The zero-order chi connectivity index (χ0) is 12.6. The van der Waals surface area contributed by atoms with Crippen molar-refractivity contribution in [1.82, 2.24) is 5.32 Å². The number of rotatable bonds is 8. The molecule has 3 unspecified atom stereocenters. The molecule has 0 aromatic heterocycles. The lowest BCUT2D eigenvalue weighted by atomic mass is 9.96. The van der Waals surface area contributed by atoms with Crippen molar-refractivity contribution in [2.75, 3.05) is 6.61 Å². The van der Waals surface area contributed by atoms with Gasteiger partial charge in [0.05, 0.1) is 6.61 Å². The molecule has 3 heteroatoms. The molecule has 0 saturated heterocycles. The molecule has 0 saturated carbocycles. The summed E-state index contributed by atoms with van der Waals surface area (Å²) in [6.45, 7) is 10.8. The summed E-state index contributed by atoms with van der Waals surface area (Å²) in [5.41, 5.74) is 0. The monoisotopic (exact) mass is 229 g/mol. The van der Waals surface area contributed by atoms with Crippen LogP contribution in [0.15, 0.2) is 0 Å². The van der Waals surface area contributed by atoms with E-state index in [1.165, 1.54) is 0 Å². The number of esters is 1. The van der Waals surface area contributed by atoms with Crippen molar-refractivity contribution >= 4 is 5.97 Å². The fraction of sp³-hybridized carbons (Fsp3) is 0.923. The Morgan fingerprint density at radius 3 is 2.31 bits per heavy atom. The Hall–Kier alpha value is -0.570. The summed E-state index contributed by atoms with van der Waals surface area (Å²) in [5.74, 6) is 0.224. The second kappa shape index (κ2) is 8.57. The van der Waals surface area contributed by atoms with Crippen molar-refractivity contribution in [3.63, 3.8) is 0 Å². The van der Waals surface area contributed by atoms with Crippen LogP contribution in [0.5, 0.6) is 0 Å². The summed E-state index contributed by atoms with van der Waals surface area (Å²) in [6, 6.07) is 0.198. The summed E-state index contributed by atoms with van der Waals surface area (Å²) in [4.78, 5) is 11.8. The molecule has 3 nitrogen and oxygen atoms in total. The average Bonchev–Trinajstić information content (AvgIpc) is 2.25. The van der Waals surface area contributed by atoms with E-state index in [2.05, 4.69) is 33.0 Å². The molecule has 0 spiro atoms. The second-order valence-electron chi connectivity index (χ2n) is 4.47. The summed E-state index contributed by atoms with van der Waals surface area (Å²) in [6.07, 6.45) is 3.17. The molecule has 0 aliphatic rings. The Labute approximate surface area is 99.9 Å². The van der Waals surface area contributed by atoms with Crippen molar-refractivity contribution in [3.05, 3.63) is 0 Å². The lowest BCUT2D eigenvalue weighted by Crippen LogP contribution is -2.46. The molecule has 0 aliphatic carbocycles. The third-order valence-corrected chi connectivity index (χ3v) is 2.93. The van der Waals surface area contributed by atoms with Gasteiger partial charge >= 0.3 is 5.97 Å². The minimum Gasteiger partial charge on any atom is -0.465 e. The first kappa shape index (κ1) is 15.4. The standard InChI is InChI=1S/C13H27NO2/c1-6-9-10(4)12(13(15)16-8-3)14-11(5)7-2/h10-12,14H,6-9H2,1-5H3. The molecule has 0 radical (unpaired) electrons. The molecular weight excluding hydrogens is 202 g/mol. The fourth-order valence-corrected chi connectivity index (χ4v) is 1.74. The highest BCUT2D eigenvalue weighted by molar-refractivity contribution is 5.76. The smallest absolute Gasteiger partial charge is 0.323 e. The van der Waals surface area contributed by atoms with Crippen molar-refractivity contribution in [3.8, 4) is 0 Å². The van der Waals surface area contributed by atoms with E-state index in [4.69, 9.17) is 4.74 Å². The van der Waals surface area contributed by atoms with Gasteiger partial charge in [-0.2, -0.15) is 0 Å². The Kier molecular flexibility index (Phi) is 8.26. The molecule has 1 N–H and O–H groups in total. The van der Waals surface area contributed by atoms with Crippen molar-refractivity contribution in [2.24, 2.45) is 5.92 Å². The van der Waals surface area contributed by atoms with Gasteiger partial charge in [0.2, 0.25) is 0 Å². The minimum atomic E-state index is -0.158. The van der Waals surface area contributed by atoms with E-state index in [1.807, 2.05) is 6.92 Å². The fourth-order valence-electron chi connectivity index (χ4n) is 1.74. The first-order valence-electron chi connectivity index (χ1n) is 6.49. The van der Waals surface area contributed by atoms with Gasteiger partial charge in [0.15, 0.2) is 0 Å². The van der Waals surface area contributed by atoms with E-state index >= 15 is 0 Å². The molecule has 0 amide bonds. The predicted molar refractivity (Wildman–Crippen MR) is 67.4 cm³/mol. The highest BCUT2D eigenvalue weighted by Crippen LogP contribution is 2.13. The van der Waals surface area contributed by atoms with Gasteiger partial charge in [-0.05, 0) is 32.6 Å². The van der Waals surface area contributed by atoms with E-state index in [0.29, 0.717) is 18.6 Å². The van der Waals surface area contributed by atoms with Crippen LogP contribution >= 0.6 is 0 Å². The number of hydrogen-bond donors (Lipinski definition) is 1. The van der Waals surface area contributed by atoms with Crippen molar-refractivity contribution < 1.29 is 9.53 Å². The number of carbonyl (C=O) groups excluding carboxylic acids is 1. The average molecular weight is 229 g/mol. The molecule has 0 aliphatic heterocycles. The number of nitrogens with one attached hydrogen (secondary N) is 1. The van der Waals surface area contributed by atoms with E-state index < -0.39 is 0 Å². The summed E-state index contributed by atoms with van der Waals surface area (Å²) >= 11 is 0. The molecule has 0 rings (SSSR count). The highest BCUT2D eigenvalue weighted by atomic mass is 16.5. The molecule has 96 valence electrons. The molecule has 0 heterocycles. The summed E-state index contributed by atoms with van der Waals surface area (Å²) in [5, 5.41) is 3.36. The zero-order valence-electron chi connectivity index (χ0n) is 11.4. The topological polar surface area (TPSA) is 38.3 Å². The van der Waals surface area contributed by atoms with Gasteiger partial charge in [-0.1, -0.05) is 27.2 Å². The third kappa shape index (κ3) is 5.50. The normalized spacial score (nSPS) is 16.6. The Bertz CT molecular complexity index is 194. The van der Waals surface area contributed by atoms with E-state index in [9.17, 15) is 4.79 Å². The summed E-state index contributed by atoms with van der Waals surface area (Å²) < 4.78 is 5.12. The summed E-state index contributed by atoms with van der Waals surface area (Å²) in [7, 11) is 0. The maximum Gasteiger partial charge on any atom is 0.323 e.